The molecule has 0 heterocycles. The number of carbonyl (C=O) groups is 1. The first-order valence-corrected chi connectivity index (χ1v) is 6.68. The van der Waals surface area contributed by atoms with E-state index in [9.17, 15) is 4.79 Å². The molecule has 3 heteroatoms. The lowest BCUT2D eigenvalue weighted by molar-refractivity contribution is 0.0600. The van der Waals surface area contributed by atoms with Crippen molar-refractivity contribution in [3.8, 4) is 0 Å². The van der Waals surface area contributed by atoms with E-state index in [1.807, 2.05) is 30.0 Å². The van der Waals surface area contributed by atoms with Gasteiger partial charge in [-0.3, -0.25) is 0 Å². The Kier molecular flexibility index (Phi) is 6.01. The molecule has 1 aromatic rings. The van der Waals surface area contributed by atoms with Crippen LogP contribution in [0.5, 0.6) is 0 Å². The summed E-state index contributed by atoms with van der Waals surface area (Å²) in [7, 11) is 1.41. The van der Waals surface area contributed by atoms with Crippen LogP contribution in [-0.4, -0.2) is 18.8 Å². The van der Waals surface area contributed by atoms with Crippen LogP contribution < -0.4 is 0 Å². The van der Waals surface area contributed by atoms with Gasteiger partial charge in [0.2, 0.25) is 0 Å². The van der Waals surface area contributed by atoms with Gasteiger partial charge >= 0.3 is 5.97 Å². The predicted molar refractivity (Wildman–Crippen MR) is 68.9 cm³/mol. The lowest BCUT2D eigenvalue weighted by Crippen LogP contribution is -2.01. The van der Waals surface area contributed by atoms with Crippen LogP contribution in [0.2, 0.25) is 0 Å². The van der Waals surface area contributed by atoms with E-state index in [-0.39, 0.29) is 5.97 Å². The molecule has 0 fully saturated rings. The highest BCUT2D eigenvalue weighted by Crippen LogP contribution is 2.15. The molecule has 0 aliphatic rings. The molecular weight excluding hydrogens is 220 g/mol. The highest BCUT2D eigenvalue weighted by Gasteiger charge is 2.05. The van der Waals surface area contributed by atoms with Gasteiger partial charge in [-0.1, -0.05) is 25.5 Å². The second-order valence-electron chi connectivity index (χ2n) is 3.60. The zero-order chi connectivity index (χ0) is 11.8. The standard InChI is InChI=1S/C13H18O2S/c1-3-4-8-16-10-11-6-5-7-12(9-11)13(14)15-2/h5-7,9H,3-4,8,10H2,1-2H3. The Bertz CT molecular complexity index is 336. The van der Waals surface area contributed by atoms with Gasteiger partial charge < -0.3 is 4.74 Å². The van der Waals surface area contributed by atoms with Crippen LogP contribution in [0.1, 0.15) is 35.7 Å². The number of unbranched alkanes of at least 4 members (excludes halogenated alkanes) is 1. The maximum absolute atomic E-state index is 11.3. The molecule has 0 radical (unpaired) electrons. The molecule has 88 valence electrons. The van der Waals surface area contributed by atoms with Gasteiger partial charge in [-0.05, 0) is 29.9 Å². The van der Waals surface area contributed by atoms with Crippen molar-refractivity contribution >= 4 is 17.7 Å². The first kappa shape index (κ1) is 13.1. The Morgan fingerprint density at radius 2 is 2.25 bits per heavy atom. The smallest absolute Gasteiger partial charge is 0.337 e. The minimum atomic E-state index is -0.264. The lowest BCUT2D eigenvalue weighted by atomic mass is 10.1. The number of hydrogen-bond donors (Lipinski definition) is 0. The van der Waals surface area contributed by atoms with E-state index in [1.54, 1.807) is 6.07 Å². The van der Waals surface area contributed by atoms with E-state index < -0.39 is 0 Å². The Morgan fingerprint density at radius 1 is 1.44 bits per heavy atom. The molecule has 0 aliphatic heterocycles. The van der Waals surface area contributed by atoms with E-state index in [2.05, 4.69) is 11.7 Å². The van der Waals surface area contributed by atoms with Crippen LogP contribution in [0.15, 0.2) is 24.3 Å². The Hall–Kier alpha value is -0.960. The van der Waals surface area contributed by atoms with Gasteiger partial charge in [0.05, 0.1) is 12.7 Å². The van der Waals surface area contributed by atoms with E-state index in [0.717, 1.165) is 5.75 Å². The molecule has 2 nitrogen and oxygen atoms in total. The molecule has 0 unspecified atom stereocenters. The van der Waals surface area contributed by atoms with E-state index in [4.69, 9.17) is 0 Å². The van der Waals surface area contributed by atoms with Crippen LogP contribution in [-0.2, 0) is 10.5 Å². The van der Waals surface area contributed by atoms with Crippen molar-refractivity contribution in [3.63, 3.8) is 0 Å². The summed E-state index contributed by atoms with van der Waals surface area (Å²) < 4.78 is 4.69. The molecule has 0 aromatic heterocycles. The number of carbonyl (C=O) groups excluding carboxylic acids is 1. The molecule has 16 heavy (non-hydrogen) atoms. The van der Waals surface area contributed by atoms with Crippen molar-refractivity contribution in [1.29, 1.82) is 0 Å². The summed E-state index contributed by atoms with van der Waals surface area (Å²) in [5, 5.41) is 0. The summed E-state index contributed by atoms with van der Waals surface area (Å²) in [6.45, 7) is 2.19. The van der Waals surface area contributed by atoms with Crippen LogP contribution >= 0.6 is 11.8 Å². The summed E-state index contributed by atoms with van der Waals surface area (Å²) in [6.07, 6.45) is 2.48. The topological polar surface area (TPSA) is 26.3 Å². The second-order valence-corrected chi connectivity index (χ2v) is 4.70. The fraction of sp³-hybridized carbons (Fsp3) is 0.462. The largest absolute Gasteiger partial charge is 0.465 e. The van der Waals surface area contributed by atoms with Crippen molar-refractivity contribution in [2.24, 2.45) is 0 Å². The highest BCUT2D eigenvalue weighted by atomic mass is 32.2. The number of methoxy groups -OCH3 is 1. The number of thioether (sulfide) groups is 1. The summed E-state index contributed by atoms with van der Waals surface area (Å²) in [6, 6.07) is 7.64. The molecule has 0 N–H and O–H groups in total. The summed E-state index contributed by atoms with van der Waals surface area (Å²) >= 11 is 1.91. The van der Waals surface area contributed by atoms with Crippen LogP contribution in [0.4, 0.5) is 0 Å². The monoisotopic (exact) mass is 238 g/mol. The van der Waals surface area contributed by atoms with Gasteiger partial charge in [0.1, 0.15) is 0 Å². The molecular formula is C13H18O2S. The predicted octanol–water partition coefficient (Wildman–Crippen LogP) is 3.51. The zero-order valence-corrected chi connectivity index (χ0v) is 10.7. The second kappa shape index (κ2) is 7.34. The van der Waals surface area contributed by atoms with E-state index in [1.165, 1.54) is 31.3 Å². The van der Waals surface area contributed by atoms with Crippen molar-refractivity contribution in [3.05, 3.63) is 35.4 Å². The molecule has 0 bridgehead atoms. The molecule has 0 aliphatic carbocycles. The minimum absolute atomic E-state index is 0.264. The third-order valence-electron chi connectivity index (χ3n) is 2.26. The Morgan fingerprint density at radius 3 is 2.94 bits per heavy atom. The SMILES string of the molecule is CCCCSCc1cccc(C(=O)OC)c1. The molecule has 1 rings (SSSR count). The van der Waals surface area contributed by atoms with Crippen LogP contribution in [0, 0.1) is 0 Å². The lowest BCUT2D eigenvalue weighted by Gasteiger charge is -2.03. The number of ether oxygens (including phenoxy) is 1. The van der Waals surface area contributed by atoms with Crippen molar-refractivity contribution < 1.29 is 9.53 Å². The number of rotatable bonds is 6. The summed E-state index contributed by atoms with van der Waals surface area (Å²) in [4.78, 5) is 11.3. The van der Waals surface area contributed by atoms with E-state index in [0.29, 0.717) is 5.56 Å². The maximum atomic E-state index is 11.3. The summed E-state index contributed by atoms with van der Waals surface area (Å²) in [5.74, 6) is 1.88. The average Bonchev–Trinajstić information content (AvgIpc) is 2.34. The fourth-order valence-electron chi connectivity index (χ4n) is 1.34. The van der Waals surface area contributed by atoms with Gasteiger partial charge in [0.15, 0.2) is 0 Å². The van der Waals surface area contributed by atoms with Crippen molar-refractivity contribution in [1.82, 2.24) is 0 Å². The van der Waals surface area contributed by atoms with Crippen LogP contribution in [0.25, 0.3) is 0 Å². The Labute approximate surface area is 101 Å². The van der Waals surface area contributed by atoms with Crippen molar-refractivity contribution in [2.75, 3.05) is 12.9 Å². The Balaban J connectivity index is 2.50. The molecule has 1 aromatic carbocycles. The minimum Gasteiger partial charge on any atom is -0.465 e. The van der Waals surface area contributed by atoms with Gasteiger partial charge in [0, 0.05) is 5.75 Å². The maximum Gasteiger partial charge on any atom is 0.337 e. The third-order valence-corrected chi connectivity index (χ3v) is 3.37. The highest BCUT2D eigenvalue weighted by molar-refractivity contribution is 7.98. The molecule has 0 spiro atoms. The van der Waals surface area contributed by atoms with Gasteiger partial charge in [-0.25, -0.2) is 4.79 Å². The first-order chi connectivity index (χ1) is 7.77. The number of hydrogen-bond acceptors (Lipinski definition) is 3. The average molecular weight is 238 g/mol. The third kappa shape index (κ3) is 4.27. The molecule has 0 saturated heterocycles. The molecule has 0 atom stereocenters. The molecule has 0 amide bonds. The first-order valence-electron chi connectivity index (χ1n) is 5.53. The zero-order valence-electron chi connectivity index (χ0n) is 9.86. The normalized spacial score (nSPS) is 10.1. The number of benzene rings is 1. The molecule has 0 saturated carbocycles. The van der Waals surface area contributed by atoms with Gasteiger partial charge in [-0.15, -0.1) is 0 Å². The van der Waals surface area contributed by atoms with Crippen LogP contribution in [0.3, 0.4) is 0 Å². The quantitative estimate of drug-likeness (QED) is 0.560. The summed E-state index contributed by atoms with van der Waals surface area (Å²) in [5.41, 5.74) is 1.82. The van der Waals surface area contributed by atoms with E-state index >= 15 is 0 Å². The van der Waals surface area contributed by atoms with Gasteiger partial charge in [0.25, 0.3) is 0 Å². The van der Waals surface area contributed by atoms with Gasteiger partial charge in [-0.2, -0.15) is 11.8 Å². The number of esters is 1. The van der Waals surface area contributed by atoms with Crippen molar-refractivity contribution in [2.45, 2.75) is 25.5 Å². The fourth-order valence-corrected chi connectivity index (χ4v) is 2.39.